The topological polar surface area (TPSA) is 83.7 Å². The van der Waals surface area contributed by atoms with E-state index in [9.17, 15) is 4.79 Å². The van der Waals surface area contributed by atoms with Gasteiger partial charge in [0.05, 0.1) is 17.2 Å². The molecule has 2 aromatic rings. The van der Waals surface area contributed by atoms with Crippen molar-refractivity contribution in [3.05, 3.63) is 65.0 Å². The van der Waals surface area contributed by atoms with Crippen molar-refractivity contribution < 1.29 is 9.18 Å². The van der Waals surface area contributed by atoms with Crippen LogP contribution in [0.15, 0.2) is 69.7 Å². The van der Waals surface area contributed by atoms with Gasteiger partial charge in [-0.3, -0.25) is 9.48 Å². The average Bonchev–Trinajstić information content (AvgIpc) is 3.31. The Bertz CT molecular complexity index is 1190. The van der Waals surface area contributed by atoms with Crippen LogP contribution in [0.1, 0.15) is 39.2 Å². The number of azo groups is 1. The van der Waals surface area contributed by atoms with E-state index in [1.54, 1.807) is 10.9 Å². The summed E-state index contributed by atoms with van der Waals surface area (Å²) in [6, 6.07) is 7.93. The molecule has 0 bridgehead atoms. The minimum Gasteiger partial charge on any atom is -0.362 e. The van der Waals surface area contributed by atoms with Crippen molar-refractivity contribution in [1.29, 1.82) is 0 Å². The predicted octanol–water partition coefficient (Wildman–Crippen LogP) is 3.86. The zero-order valence-corrected chi connectivity index (χ0v) is 18.0. The maximum absolute atomic E-state index is 15.1. The minimum atomic E-state index is -0.961. The maximum Gasteiger partial charge on any atom is 0.250 e. The first-order valence-electron chi connectivity index (χ1n) is 10.5. The van der Waals surface area contributed by atoms with Crippen LogP contribution in [0, 0.1) is 0 Å². The lowest BCUT2D eigenvalue weighted by molar-refractivity contribution is -0.120. The van der Waals surface area contributed by atoms with Gasteiger partial charge >= 0.3 is 0 Å². The van der Waals surface area contributed by atoms with E-state index in [-0.39, 0.29) is 5.91 Å². The summed E-state index contributed by atoms with van der Waals surface area (Å²) in [5.41, 5.74) is 3.18. The molecule has 2 N–H and O–H groups in total. The molecule has 1 aromatic carbocycles. The number of carbonyl (C=O) groups is 1. The summed E-state index contributed by atoms with van der Waals surface area (Å²) in [6.07, 6.45) is 4.23. The number of halogens is 1. The number of fused-ring (bicyclic) bond motifs is 1. The van der Waals surface area contributed by atoms with Crippen molar-refractivity contribution in [1.82, 2.24) is 20.4 Å². The number of amides is 1. The molecule has 160 valence electrons. The Kier molecular flexibility index (Phi) is 4.19. The molecular formula is C23H25FN6O. The highest BCUT2D eigenvalue weighted by atomic mass is 19.1. The molecule has 8 heteroatoms. The molecule has 3 aliphatic rings. The van der Waals surface area contributed by atoms with Crippen LogP contribution in [-0.2, 0) is 17.3 Å². The van der Waals surface area contributed by atoms with E-state index in [1.165, 1.54) is 0 Å². The predicted molar refractivity (Wildman–Crippen MR) is 114 cm³/mol. The molecule has 31 heavy (non-hydrogen) atoms. The van der Waals surface area contributed by atoms with Crippen LogP contribution in [-0.4, -0.2) is 27.4 Å². The van der Waals surface area contributed by atoms with E-state index in [0.29, 0.717) is 24.0 Å². The van der Waals surface area contributed by atoms with Crippen LogP contribution in [0.5, 0.6) is 0 Å². The number of aromatic nitrogens is 2. The summed E-state index contributed by atoms with van der Waals surface area (Å²) in [5.74, 6) is -0.798. The van der Waals surface area contributed by atoms with Gasteiger partial charge in [0.25, 0.3) is 5.91 Å². The maximum atomic E-state index is 15.1. The Balaban J connectivity index is 1.77. The van der Waals surface area contributed by atoms with E-state index < -0.39 is 23.1 Å². The smallest absolute Gasteiger partial charge is 0.250 e. The quantitative estimate of drug-likeness (QED) is 0.740. The number of nitrogens with one attached hydrogen (secondary N) is 2. The number of hydrogen-bond acceptors (Lipinski definition) is 5. The van der Waals surface area contributed by atoms with Crippen LogP contribution in [0.25, 0.3) is 11.1 Å². The van der Waals surface area contributed by atoms with Crippen LogP contribution in [0.2, 0.25) is 0 Å². The van der Waals surface area contributed by atoms with E-state index in [1.807, 2.05) is 58.3 Å². The molecular weight excluding hydrogens is 395 g/mol. The summed E-state index contributed by atoms with van der Waals surface area (Å²) in [7, 11) is 1.87. The monoisotopic (exact) mass is 420 g/mol. The zero-order valence-electron chi connectivity index (χ0n) is 18.0. The second-order valence-corrected chi connectivity index (χ2v) is 9.08. The molecule has 3 aliphatic heterocycles. The fraction of sp³-hybridized carbons (Fsp3) is 0.391. The number of aryl methyl sites for hydroxylation is 1. The third-order valence-electron chi connectivity index (χ3n) is 6.48. The highest BCUT2D eigenvalue weighted by molar-refractivity contribution is 6.00. The Morgan fingerprint density at radius 1 is 1.29 bits per heavy atom. The normalized spacial score (nSPS) is 26.5. The fourth-order valence-corrected chi connectivity index (χ4v) is 5.20. The first kappa shape index (κ1) is 19.7. The van der Waals surface area contributed by atoms with Gasteiger partial charge in [0.1, 0.15) is 0 Å². The number of carbonyl (C=O) groups excluding carboxylic acids is 1. The molecule has 4 heterocycles. The lowest BCUT2D eigenvalue weighted by Crippen LogP contribution is -2.58. The molecule has 5 rings (SSSR count). The molecule has 0 fully saturated rings. The number of benzene rings is 1. The van der Waals surface area contributed by atoms with Gasteiger partial charge in [-0.15, -0.1) is 5.11 Å². The molecule has 2 atom stereocenters. The zero-order chi connectivity index (χ0) is 22.0. The first-order chi connectivity index (χ1) is 14.7. The molecule has 2 unspecified atom stereocenters. The molecule has 1 aromatic heterocycles. The van der Waals surface area contributed by atoms with E-state index in [2.05, 4.69) is 26.0 Å². The fourth-order valence-electron chi connectivity index (χ4n) is 5.20. The lowest BCUT2D eigenvalue weighted by Gasteiger charge is -2.48. The SMILES string of the molecule is CCC1(c2cccc(-c3cnn(C)c3)c2)C2=C(CC(C)(C)NC2=O)NC2N=NC(F)=C21. The van der Waals surface area contributed by atoms with Crippen molar-refractivity contribution >= 4 is 5.91 Å². The summed E-state index contributed by atoms with van der Waals surface area (Å²) < 4.78 is 16.8. The summed E-state index contributed by atoms with van der Waals surface area (Å²) >= 11 is 0. The summed E-state index contributed by atoms with van der Waals surface area (Å²) in [6.45, 7) is 5.94. The first-order valence-corrected chi connectivity index (χ1v) is 10.5. The van der Waals surface area contributed by atoms with Crippen molar-refractivity contribution in [3.63, 3.8) is 0 Å². The van der Waals surface area contributed by atoms with Gasteiger partial charge in [-0.1, -0.05) is 25.1 Å². The summed E-state index contributed by atoms with van der Waals surface area (Å²) in [5, 5.41) is 18.6. The Hall–Kier alpha value is -3.29. The minimum absolute atomic E-state index is 0.182. The second kappa shape index (κ2) is 6.60. The van der Waals surface area contributed by atoms with Gasteiger partial charge in [0, 0.05) is 42.0 Å². The van der Waals surface area contributed by atoms with Crippen LogP contribution < -0.4 is 10.6 Å². The molecule has 1 amide bonds. The van der Waals surface area contributed by atoms with Crippen molar-refractivity contribution in [2.45, 2.75) is 50.7 Å². The van der Waals surface area contributed by atoms with Crippen LogP contribution in [0.4, 0.5) is 4.39 Å². The lowest BCUT2D eigenvalue weighted by atomic mass is 9.62. The molecule has 7 nitrogen and oxygen atoms in total. The average molecular weight is 420 g/mol. The van der Waals surface area contributed by atoms with Gasteiger partial charge in [-0.2, -0.15) is 14.6 Å². The molecule has 0 aliphatic carbocycles. The van der Waals surface area contributed by atoms with Crippen LogP contribution >= 0.6 is 0 Å². The van der Waals surface area contributed by atoms with Gasteiger partial charge < -0.3 is 10.6 Å². The number of rotatable bonds is 3. The standard InChI is InChI=1S/C23H25FN6O/c1-5-23(15-8-6-7-13(9-15)14-11-25-30(4)12-14)17-16(10-22(2,3)27-21(17)31)26-20-18(23)19(24)28-29-20/h6-9,11-12,20,26H,5,10H2,1-4H3,(H,27,31). The van der Waals surface area contributed by atoms with Crippen molar-refractivity contribution in [3.8, 4) is 11.1 Å². The Morgan fingerprint density at radius 2 is 2.10 bits per heavy atom. The molecule has 0 radical (unpaired) electrons. The van der Waals surface area contributed by atoms with Crippen LogP contribution in [0.3, 0.4) is 0 Å². The Labute approximate surface area is 180 Å². The molecule has 0 saturated heterocycles. The second-order valence-electron chi connectivity index (χ2n) is 9.08. The third kappa shape index (κ3) is 2.85. The van der Waals surface area contributed by atoms with Gasteiger partial charge in [0.15, 0.2) is 6.17 Å². The van der Waals surface area contributed by atoms with E-state index >= 15 is 4.39 Å². The third-order valence-corrected chi connectivity index (χ3v) is 6.48. The van der Waals surface area contributed by atoms with Gasteiger partial charge in [-0.25, -0.2) is 0 Å². The molecule has 0 saturated carbocycles. The van der Waals surface area contributed by atoms with Crippen molar-refractivity contribution in [2.75, 3.05) is 0 Å². The number of nitrogens with zero attached hydrogens (tertiary/aromatic N) is 4. The van der Waals surface area contributed by atoms with Crippen molar-refractivity contribution in [2.24, 2.45) is 17.3 Å². The van der Waals surface area contributed by atoms with E-state index in [0.717, 1.165) is 22.4 Å². The number of hydrogen-bond donors (Lipinski definition) is 2. The molecule has 0 spiro atoms. The Morgan fingerprint density at radius 3 is 2.81 bits per heavy atom. The van der Waals surface area contributed by atoms with E-state index in [4.69, 9.17) is 0 Å². The highest BCUT2D eigenvalue weighted by Crippen LogP contribution is 2.53. The largest absolute Gasteiger partial charge is 0.362 e. The highest BCUT2D eigenvalue weighted by Gasteiger charge is 2.55. The van der Waals surface area contributed by atoms with Gasteiger partial charge in [0.2, 0.25) is 5.95 Å². The van der Waals surface area contributed by atoms with Gasteiger partial charge in [-0.05, 0) is 37.5 Å². The summed E-state index contributed by atoms with van der Waals surface area (Å²) in [4.78, 5) is 13.4.